The Bertz CT molecular complexity index is 855. The first-order valence-electron chi connectivity index (χ1n) is 7.69. The molecule has 3 rings (SSSR count). The number of hydrogen-bond acceptors (Lipinski definition) is 5. The number of aromatic nitrogens is 2. The van der Waals surface area contributed by atoms with Gasteiger partial charge in [0.2, 0.25) is 5.88 Å². The predicted octanol–water partition coefficient (Wildman–Crippen LogP) is 2.83. The molecule has 2 heterocycles. The van der Waals surface area contributed by atoms with Crippen molar-refractivity contribution in [3.05, 3.63) is 39.2 Å². The van der Waals surface area contributed by atoms with Gasteiger partial charge in [0.05, 0.1) is 22.3 Å². The number of rotatable bonds is 1. The van der Waals surface area contributed by atoms with Crippen molar-refractivity contribution in [2.24, 2.45) is 18.2 Å². The van der Waals surface area contributed by atoms with Gasteiger partial charge in [0.25, 0.3) is 0 Å². The quantitative estimate of drug-likeness (QED) is 0.843. The highest BCUT2D eigenvalue weighted by Gasteiger charge is 2.44. The minimum absolute atomic E-state index is 0.0293. The number of Topliss-reactive ketones (excluding diaryl/α,β-unsaturated/α-hetero) is 1. The smallest absolute Gasteiger partial charge is 0.205 e. The number of allylic oxidation sites excluding steroid dienone is 3. The highest BCUT2D eigenvalue weighted by atomic mass is 35.5. The lowest BCUT2D eigenvalue weighted by atomic mass is 9.71. The molecule has 126 valence electrons. The van der Waals surface area contributed by atoms with Crippen molar-refractivity contribution in [3.63, 3.8) is 0 Å². The number of halogens is 1. The number of ketones is 1. The number of carbonyl (C=O) groups is 1. The molecule has 1 aliphatic heterocycles. The summed E-state index contributed by atoms with van der Waals surface area (Å²) in [5.41, 5.74) is 7.68. The molecule has 0 spiro atoms. The van der Waals surface area contributed by atoms with Crippen LogP contribution in [0.4, 0.5) is 0 Å². The second-order valence-electron chi connectivity index (χ2n) is 7.11. The number of hydrogen-bond donors (Lipinski definition) is 1. The van der Waals surface area contributed by atoms with Crippen LogP contribution in [0.1, 0.15) is 44.0 Å². The van der Waals surface area contributed by atoms with Gasteiger partial charge in [-0.25, -0.2) is 0 Å². The molecule has 6 nitrogen and oxygen atoms in total. The van der Waals surface area contributed by atoms with Crippen LogP contribution in [0.2, 0.25) is 5.02 Å². The third-order valence-corrected chi connectivity index (χ3v) is 5.01. The predicted molar refractivity (Wildman–Crippen MR) is 88.7 cm³/mol. The van der Waals surface area contributed by atoms with Crippen molar-refractivity contribution in [2.75, 3.05) is 0 Å². The molecule has 2 N–H and O–H groups in total. The van der Waals surface area contributed by atoms with Crippen LogP contribution in [0, 0.1) is 23.7 Å². The number of nitriles is 1. The molecule has 7 heteroatoms. The molecular formula is C17H19ClN4O2. The van der Waals surface area contributed by atoms with Gasteiger partial charge in [-0.05, 0) is 12.3 Å². The van der Waals surface area contributed by atoms with Crippen LogP contribution >= 0.6 is 11.6 Å². The number of ether oxygens (including phenoxy) is 1. The molecule has 0 bridgehead atoms. The Morgan fingerprint density at radius 2 is 2.12 bits per heavy atom. The van der Waals surface area contributed by atoms with Crippen LogP contribution in [-0.2, 0) is 16.6 Å². The van der Waals surface area contributed by atoms with E-state index in [-0.39, 0.29) is 22.7 Å². The van der Waals surface area contributed by atoms with Crippen LogP contribution in [0.3, 0.4) is 0 Å². The third-order valence-electron chi connectivity index (χ3n) is 4.54. The summed E-state index contributed by atoms with van der Waals surface area (Å²) in [4.78, 5) is 12.8. The Morgan fingerprint density at radius 1 is 1.46 bits per heavy atom. The van der Waals surface area contributed by atoms with E-state index in [2.05, 4.69) is 11.2 Å². The molecule has 0 fully saturated rings. The average Bonchev–Trinajstić information content (AvgIpc) is 2.69. The van der Waals surface area contributed by atoms with E-state index < -0.39 is 5.92 Å². The highest BCUT2D eigenvalue weighted by Crippen LogP contribution is 2.49. The van der Waals surface area contributed by atoms with E-state index >= 15 is 0 Å². The molecule has 24 heavy (non-hydrogen) atoms. The zero-order valence-electron chi connectivity index (χ0n) is 14.1. The molecule has 1 aromatic heterocycles. The summed E-state index contributed by atoms with van der Waals surface area (Å²) in [6, 6.07) is 2.08. The van der Waals surface area contributed by atoms with Crippen molar-refractivity contribution in [1.29, 1.82) is 5.26 Å². The molecule has 2 aliphatic rings. The number of aryl methyl sites for hydroxylation is 2. The van der Waals surface area contributed by atoms with E-state index in [0.29, 0.717) is 40.6 Å². The Kier molecular flexibility index (Phi) is 3.72. The maximum absolute atomic E-state index is 12.8. The molecule has 0 saturated heterocycles. The van der Waals surface area contributed by atoms with Gasteiger partial charge in [0, 0.05) is 25.5 Å². The van der Waals surface area contributed by atoms with Gasteiger partial charge < -0.3 is 10.5 Å². The Morgan fingerprint density at radius 3 is 2.67 bits per heavy atom. The summed E-state index contributed by atoms with van der Waals surface area (Å²) in [5, 5.41) is 14.3. The monoisotopic (exact) mass is 346 g/mol. The first-order chi connectivity index (χ1) is 11.2. The fourth-order valence-electron chi connectivity index (χ4n) is 3.52. The fourth-order valence-corrected chi connectivity index (χ4v) is 3.79. The molecule has 0 unspecified atom stereocenters. The molecule has 1 atom stereocenters. The molecule has 0 aromatic carbocycles. The lowest BCUT2D eigenvalue weighted by Crippen LogP contribution is -2.34. The molecule has 0 amide bonds. The minimum atomic E-state index is -0.638. The van der Waals surface area contributed by atoms with Crippen LogP contribution in [0.15, 0.2) is 22.8 Å². The van der Waals surface area contributed by atoms with E-state index in [1.54, 1.807) is 18.7 Å². The molecule has 0 saturated carbocycles. The minimum Gasteiger partial charge on any atom is -0.444 e. The Balaban J connectivity index is 2.26. The third kappa shape index (κ3) is 2.40. The van der Waals surface area contributed by atoms with Crippen LogP contribution in [0.5, 0.6) is 0 Å². The van der Waals surface area contributed by atoms with Gasteiger partial charge in [-0.2, -0.15) is 10.4 Å². The molecule has 0 radical (unpaired) electrons. The summed E-state index contributed by atoms with van der Waals surface area (Å²) < 4.78 is 7.27. The van der Waals surface area contributed by atoms with Gasteiger partial charge in [-0.1, -0.05) is 25.4 Å². The number of nitrogens with two attached hydrogens (primary N) is 1. The molecule has 1 aromatic rings. The maximum Gasteiger partial charge on any atom is 0.205 e. The van der Waals surface area contributed by atoms with E-state index in [0.717, 1.165) is 0 Å². The van der Waals surface area contributed by atoms with Crippen LogP contribution in [-0.4, -0.2) is 15.6 Å². The largest absolute Gasteiger partial charge is 0.444 e. The normalized spacial score (nSPS) is 23.0. The summed E-state index contributed by atoms with van der Waals surface area (Å²) in [7, 11) is 1.74. The van der Waals surface area contributed by atoms with Gasteiger partial charge in [0.15, 0.2) is 5.78 Å². The second-order valence-corrected chi connectivity index (χ2v) is 7.49. The average molecular weight is 347 g/mol. The fraction of sp³-hybridized carbons (Fsp3) is 0.471. The van der Waals surface area contributed by atoms with Crippen molar-refractivity contribution < 1.29 is 9.53 Å². The second kappa shape index (κ2) is 5.38. The summed E-state index contributed by atoms with van der Waals surface area (Å²) in [6.45, 7) is 5.80. The summed E-state index contributed by atoms with van der Waals surface area (Å²) in [6.07, 6.45) is 0.969. The van der Waals surface area contributed by atoms with Crippen molar-refractivity contribution in [1.82, 2.24) is 9.78 Å². The first-order valence-corrected chi connectivity index (χ1v) is 8.07. The van der Waals surface area contributed by atoms with Crippen molar-refractivity contribution in [2.45, 2.75) is 39.5 Å². The van der Waals surface area contributed by atoms with Crippen LogP contribution in [0.25, 0.3) is 0 Å². The zero-order valence-corrected chi connectivity index (χ0v) is 14.9. The first kappa shape index (κ1) is 16.6. The number of carbonyl (C=O) groups excluding carboxylic acids is 1. The van der Waals surface area contributed by atoms with E-state index in [1.165, 1.54) is 0 Å². The van der Waals surface area contributed by atoms with Crippen molar-refractivity contribution in [3.8, 4) is 6.07 Å². The van der Waals surface area contributed by atoms with Gasteiger partial charge >= 0.3 is 0 Å². The van der Waals surface area contributed by atoms with E-state index in [9.17, 15) is 10.1 Å². The maximum atomic E-state index is 12.8. The summed E-state index contributed by atoms with van der Waals surface area (Å²) in [5.74, 6) is -0.114. The standard InChI is InChI=1S/C17H19ClN4O2/c1-8-14(18)15(22(4)21-8)12-9(7-19)16(20)24-11-6-17(2,3)5-10(23)13(11)12/h12H,5-6,20H2,1-4H3/t12-/m1/s1. The zero-order chi connectivity index (χ0) is 17.8. The van der Waals surface area contributed by atoms with E-state index in [4.69, 9.17) is 22.1 Å². The topological polar surface area (TPSA) is 93.9 Å². The Labute approximate surface area is 145 Å². The van der Waals surface area contributed by atoms with Gasteiger partial charge in [-0.3, -0.25) is 9.48 Å². The molecule has 1 aliphatic carbocycles. The lowest BCUT2D eigenvalue weighted by molar-refractivity contribution is -0.119. The number of nitrogens with zero attached hydrogens (tertiary/aromatic N) is 3. The Hall–Kier alpha value is -2.26. The molecular weight excluding hydrogens is 328 g/mol. The lowest BCUT2D eigenvalue weighted by Gasteiger charge is -2.37. The van der Waals surface area contributed by atoms with Gasteiger partial charge in [0.1, 0.15) is 17.4 Å². The van der Waals surface area contributed by atoms with E-state index in [1.807, 2.05) is 13.8 Å². The summed E-state index contributed by atoms with van der Waals surface area (Å²) >= 11 is 6.42. The SMILES string of the molecule is Cc1nn(C)c([C@@H]2C(C#N)=C(N)OC3=C2C(=O)CC(C)(C)C3)c1Cl. The van der Waals surface area contributed by atoms with Crippen molar-refractivity contribution >= 4 is 17.4 Å². The van der Waals surface area contributed by atoms with Crippen LogP contribution < -0.4 is 5.73 Å². The van der Waals surface area contributed by atoms with Gasteiger partial charge in [-0.15, -0.1) is 0 Å². The highest BCUT2D eigenvalue weighted by molar-refractivity contribution is 6.32.